The van der Waals surface area contributed by atoms with Crippen LogP contribution in [0.5, 0.6) is 11.5 Å². The van der Waals surface area contributed by atoms with Crippen LogP contribution >= 0.6 is 0 Å². The van der Waals surface area contributed by atoms with Gasteiger partial charge in [0, 0.05) is 42.9 Å². The van der Waals surface area contributed by atoms with Crippen LogP contribution in [0.1, 0.15) is 66.2 Å². The van der Waals surface area contributed by atoms with E-state index in [0.717, 1.165) is 51.1 Å². The second kappa shape index (κ2) is 11.0. The highest BCUT2D eigenvalue weighted by Gasteiger charge is 2.39. The molecule has 2 heterocycles. The van der Waals surface area contributed by atoms with Gasteiger partial charge >= 0.3 is 0 Å². The summed E-state index contributed by atoms with van der Waals surface area (Å²) in [6, 6.07) is 23.5. The number of hydrogen-bond donors (Lipinski definition) is 1. The normalized spacial score (nSPS) is 22.1. The summed E-state index contributed by atoms with van der Waals surface area (Å²) < 4.78 is 12.2. The Morgan fingerprint density at radius 1 is 0.973 bits per heavy atom. The average Bonchev–Trinajstić information content (AvgIpc) is 3.41. The van der Waals surface area contributed by atoms with Crippen LogP contribution in [0, 0.1) is 0 Å². The van der Waals surface area contributed by atoms with E-state index in [2.05, 4.69) is 59.5 Å². The Bertz CT molecular complexity index is 1190. The zero-order valence-electron chi connectivity index (χ0n) is 21.7. The van der Waals surface area contributed by atoms with Crippen molar-refractivity contribution in [3.63, 3.8) is 0 Å². The SMILES string of the molecule is C=O.COc1cc(N2CCC3(CCCO3)CC2)ccc1C1c2ccc(O)cc2CCC1c1ccccc1. The molecule has 0 aromatic heterocycles. The van der Waals surface area contributed by atoms with Crippen molar-refractivity contribution in [2.45, 2.75) is 56.0 Å². The van der Waals surface area contributed by atoms with Crippen molar-refractivity contribution in [3.8, 4) is 11.5 Å². The lowest BCUT2D eigenvalue weighted by molar-refractivity contribution is -0.0980. The van der Waals surface area contributed by atoms with E-state index in [1.807, 2.05) is 18.9 Å². The quantitative estimate of drug-likeness (QED) is 0.461. The molecular weight excluding hydrogens is 462 g/mol. The number of anilines is 1. The minimum Gasteiger partial charge on any atom is -0.508 e. The van der Waals surface area contributed by atoms with Crippen molar-refractivity contribution >= 4 is 12.5 Å². The summed E-state index contributed by atoms with van der Waals surface area (Å²) in [6.07, 6.45) is 6.63. The molecule has 37 heavy (non-hydrogen) atoms. The third kappa shape index (κ3) is 4.97. The van der Waals surface area contributed by atoms with Crippen LogP contribution in [0.3, 0.4) is 0 Å². The van der Waals surface area contributed by atoms with E-state index >= 15 is 0 Å². The fraction of sp³-hybridized carbons (Fsp3) is 0.406. The van der Waals surface area contributed by atoms with Crippen molar-refractivity contribution in [2.24, 2.45) is 0 Å². The second-order valence-electron chi connectivity index (χ2n) is 10.5. The molecule has 0 saturated carbocycles. The molecule has 1 N–H and O–H groups in total. The molecule has 2 saturated heterocycles. The molecule has 5 nitrogen and oxygen atoms in total. The molecule has 2 atom stereocenters. The highest BCUT2D eigenvalue weighted by atomic mass is 16.5. The van der Waals surface area contributed by atoms with Crippen molar-refractivity contribution in [1.82, 2.24) is 0 Å². The number of ether oxygens (including phenoxy) is 2. The first-order valence-corrected chi connectivity index (χ1v) is 13.4. The number of hydrogen-bond acceptors (Lipinski definition) is 5. The van der Waals surface area contributed by atoms with Crippen molar-refractivity contribution in [1.29, 1.82) is 0 Å². The number of phenols is 1. The van der Waals surface area contributed by atoms with E-state index < -0.39 is 0 Å². The van der Waals surface area contributed by atoms with Crippen LogP contribution in [0.25, 0.3) is 0 Å². The topological polar surface area (TPSA) is 59.0 Å². The lowest BCUT2D eigenvalue weighted by Gasteiger charge is -2.40. The molecule has 3 aromatic carbocycles. The number of methoxy groups -OCH3 is 1. The van der Waals surface area contributed by atoms with E-state index in [1.165, 1.54) is 40.8 Å². The highest BCUT2D eigenvalue weighted by molar-refractivity contribution is 5.58. The van der Waals surface area contributed by atoms with Crippen molar-refractivity contribution in [3.05, 3.63) is 89.0 Å². The van der Waals surface area contributed by atoms with Crippen LogP contribution in [0.4, 0.5) is 5.69 Å². The van der Waals surface area contributed by atoms with Gasteiger partial charge in [-0.15, -0.1) is 0 Å². The van der Waals surface area contributed by atoms with Gasteiger partial charge in [-0.3, -0.25) is 0 Å². The third-order valence-electron chi connectivity index (χ3n) is 8.59. The molecule has 0 bridgehead atoms. The Morgan fingerprint density at radius 2 is 1.73 bits per heavy atom. The predicted molar refractivity (Wildman–Crippen MR) is 147 cm³/mol. The Hall–Kier alpha value is -3.31. The fourth-order valence-electron chi connectivity index (χ4n) is 6.73. The maximum absolute atomic E-state index is 10.1. The smallest absolute Gasteiger partial charge is 0.124 e. The van der Waals surface area contributed by atoms with Gasteiger partial charge in [0.1, 0.15) is 18.3 Å². The first kappa shape index (κ1) is 25.3. The molecule has 3 aromatic rings. The van der Waals surface area contributed by atoms with Gasteiger partial charge in [-0.25, -0.2) is 0 Å². The van der Waals surface area contributed by atoms with Crippen LogP contribution < -0.4 is 9.64 Å². The Kier molecular flexibility index (Phi) is 7.52. The molecule has 5 heteroatoms. The molecular formula is C32H37NO4. The number of nitrogens with zero attached hydrogens (tertiary/aromatic N) is 1. The molecule has 6 rings (SSSR count). The van der Waals surface area contributed by atoms with Crippen molar-refractivity contribution < 1.29 is 19.4 Å². The number of piperidine rings is 1. The Labute approximate surface area is 220 Å². The standard InChI is InChI=1S/C31H35NO3.CH2O/c1-34-29-21-24(32-17-15-31(16-18-32)14-5-19-35-31)9-12-28(29)30-26(22-6-3-2-4-7-22)11-8-23-20-25(33)10-13-27(23)30;1-2/h2-4,6-7,9-10,12-13,20-21,26,30,33H,5,8,11,14-19H2,1H3;1H2. The molecule has 0 radical (unpaired) electrons. The molecule has 194 valence electrons. The van der Waals surface area contributed by atoms with E-state index in [-0.39, 0.29) is 11.5 Å². The van der Waals surface area contributed by atoms with Gasteiger partial charge in [-0.2, -0.15) is 0 Å². The summed E-state index contributed by atoms with van der Waals surface area (Å²) in [6.45, 7) is 4.98. The monoisotopic (exact) mass is 499 g/mol. The number of rotatable bonds is 4. The van der Waals surface area contributed by atoms with Crippen molar-refractivity contribution in [2.75, 3.05) is 31.7 Å². The first-order chi connectivity index (χ1) is 18.2. The maximum atomic E-state index is 10.1. The lowest BCUT2D eigenvalue weighted by atomic mass is 9.69. The van der Waals surface area contributed by atoms with Gasteiger partial charge in [0.15, 0.2) is 0 Å². The molecule has 2 aliphatic heterocycles. The summed E-state index contributed by atoms with van der Waals surface area (Å²) in [4.78, 5) is 10.5. The summed E-state index contributed by atoms with van der Waals surface area (Å²) >= 11 is 0. The molecule has 2 fully saturated rings. The summed E-state index contributed by atoms with van der Waals surface area (Å²) in [5.41, 5.74) is 6.49. The number of phenolic OH excluding ortho intramolecular Hbond substituents is 1. The summed E-state index contributed by atoms with van der Waals surface area (Å²) in [5.74, 6) is 1.84. The van der Waals surface area contributed by atoms with Crippen LogP contribution in [-0.2, 0) is 16.0 Å². The minimum absolute atomic E-state index is 0.126. The first-order valence-electron chi connectivity index (χ1n) is 13.4. The van der Waals surface area contributed by atoms with Gasteiger partial charge in [0.05, 0.1) is 12.7 Å². The largest absolute Gasteiger partial charge is 0.508 e. The lowest BCUT2D eigenvalue weighted by Crippen LogP contribution is -2.44. The number of fused-ring (bicyclic) bond motifs is 1. The molecule has 3 aliphatic rings. The summed E-state index contributed by atoms with van der Waals surface area (Å²) in [7, 11) is 1.79. The van der Waals surface area contributed by atoms with E-state index in [1.54, 1.807) is 7.11 Å². The third-order valence-corrected chi connectivity index (χ3v) is 8.59. The Balaban J connectivity index is 0.00000137. The van der Waals surface area contributed by atoms with Crippen LogP contribution in [-0.4, -0.2) is 44.3 Å². The minimum atomic E-state index is 0.126. The van der Waals surface area contributed by atoms with Gasteiger partial charge in [-0.05, 0) is 79.3 Å². The number of aryl methyl sites for hydroxylation is 1. The molecule has 1 aliphatic carbocycles. The second-order valence-corrected chi connectivity index (χ2v) is 10.5. The van der Waals surface area contributed by atoms with E-state index in [4.69, 9.17) is 14.3 Å². The average molecular weight is 500 g/mol. The van der Waals surface area contributed by atoms with Gasteiger partial charge in [-0.1, -0.05) is 42.5 Å². The number of carbonyl (C=O) groups excluding carboxylic acids is 1. The fourth-order valence-corrected chi connectivity index (χ4v) is 6.73. The number of aromatic hydroxyl groups is 1. The zero-order valence-corrected chi connectivity index (χ0v) is 21.7. The Morgan fingerprint density at radius 3 is 2.43 bits per heavy atom. The zero-order chi connectivity index (χ0) is 25.8. The molecule has 0 amide bonds. The van der Waals surface area contributed by atoms with Gasteiger partial charge in [0.25, 0.3) is 0 Å². The van der Waals surface area contributed by atoms with Gasteiger partial charge < -0.3 is 24.3 Å². The molecule has 1 spiro atoms. The van der Waals surface area contributed by atoms with Crippen LogP contribution in [0.15, 0.2) is 66.7 Å². The van der Waals surface area contributed by atoms with Crippen LogP contribution in [0.2, 0.25) is 0 Å². The highest BCUT2D eigenvalue weighted by Crippen LogP contribution is 2.50. The number of benzene rings is 3. The van der Waals surface area contributed by atoms with E-state index in [0.29, 0.717) is 11.7 Å². The predicted octanol–water partition coefficient (Wildman–Crippen LogP) is 6.23. The maximum Gasteiger partial charge on any atom is 0.124 e. The summed E-state index contributed by atoms with van der Waals surface area (Å²) in [5, 5.41) is 10.1. The van der Waals surface area contributed by atoms with E-state index in [9.17, 15) is 5.11 Å². The number of carbonyl (C=O) groups is 1. The van der Waals surface area contributed by atoms with Gasteiger partial charge in [0.2, 0.25) is 0 Å². The molecule has 2 unspecified atom stereocenters.